The minimum Gasteiger partial charge on any atom is -0.365 e. The molecule has 1 saturated carbocycles. The van der Waals surface area contributed by atoms with Crippen LogP contribution in [0.5, 0.6) is 0 Å². The number of hydrogen-bond donors (Lipinski definition) is 3. The van der Waals surface area contributed by atoms with Crippen LogP contribution in [-0.2, 0) is 17.9 Å². The van der Waals surface area contributed by atoms with Crippen LogP contribution in [0, 0.1) is 5.92 Å². The molecule has 0 bridgehead atoms. The lowest BCUT2D eigenvalue weighted by molar-refractivity contribution is -0.121. The van der Waals surface area contributed by atoms with Gasteiger partial charge in [-0.1, -0.05) is 11.6 Å². The van der Waals surface area contributed by atoms with Crippen molar-refractivity contribution in [3.63, 3.8) is 0 Å². The highest BCUT2D eigenvalue weighted by molar-refractivity contribution is 6.30. The van der Waals surface area contributed by atoms with Crippen molar-refractivity contribution in [2.24, 2.45) is 5.92 Å². The smallest absolute Gasteiger partial charge is 0.293 e. The average molecular weight is 472 g/mol. The summed E-state index contributed by atoms with van der Waals surface area (Å²) in [4.78, 5) is 29.3. The zero-order chi connectivity index (χ0) is 23.0. The molecule has 0 radical (unpaired) electrons. The first-order chi connectivity index (χ1) is 16.1. The molecule has 1 fully saturated rings. The van der Waals surface area contributed by atoms with E-state index < -0.39 is 0 Å². The standard InChI is InChI=1S/C21H26ClN9O2/c22-17-4-5-18(31-14-27-28-29-31)16(10-17)12-26-19(32)13-30-9-8-25-20(21(30)33)24-7-1-6-23-11-15-2-3-15/h4-5,8-10,14-15,23H,1-3,6-7,11-13H2,(H,24,25)(H,26,32). The van der Waals surface area contributed by atoms with Crippen LogP contribution in [0.2, 0.25) is 5.02 Å². The van der Waals surface area contributed by atoms with E-state index in [4.69, 9.17) is 11.6 Å². The molecule has 4 rings (SSSR count). The van der Waals surface area contributed by atoms with Gasteiger partial charge in [0.15, 0.2) is 5.82 Å². The van der Waals surface area contributed by atoms with Crippen molar-refractivity contribution in [2.45, 2.75) is 32.4 Å². The molecular weight excluding hydrogens is 446 g/mol. The number of amides is 1. The Hall–Kier alpha value is -3.31. The predicted octanol–water partition coefficient (Wildman–Crippen LogP) is 0.990. The Morgan fingerprint density at radius 2 is 2.12 bits per heavy atom. The fraction of sp³-hybridized carbons (Fsp3) is 0.429. The number of halogens is 1. The first-order valence-corrected chi connectivity index (χ1v) is 11.3. The minimum absolute atomic E-state index is 0.125. The molecule has 33 heavy (non-hydrogen) atoms. The van der Waals surface area contributed by atoms with E-state index in [-0.39, 0.29) is 30.4 Å². The van der Waals surface area contributed by atoms with E-state index in [2.05, 4.69) is 36.5 Å². The van der Waals surface area contributed by atoms with Crippen LogP contribution in [0.25, 0.3) is 5.69 Å². The first-order valence-electron chi connectivity index (χ1n) is 10.9. The lowest BCUT2D eigenvalue weighted by Gasteiger charge is -2.12. The van der Waals surface area contributed by atoms with Gasteiger partial charge in [-0.3, -0.25) is 9.59 Å². The molecule has 1 aliphatic rings. The number of anilines is 1. The average Bonchev–Trinajstić information content (AvgIpc) is 3.47. The second-order valence-corrected chi connectivity index (χ2v) is 8.38. The molecule has 0 saturated heterocycles. The number of aromatic nitrogens is 6. The molecule has 1 aromatic carbocycles. The van der Waals surface area contributed by atoms with Gasteiger partial charge in [-0.2, -0.15) is 0 Å². The summed E-state index contributed by atoms with van der Waals surface area (Å²) in [6, 6.07) is 5.23. The lowest BCUT2D eigenvalue weighted by Crippen LogP contribution is -2.33. The van der Waals surface area contributed by atoms with Crippen LogP contribution in [0.15, 0.2) is 41.7 Å². The Kier molecular flexibility index (Phi) is 7.63. The fourth-order valence-electron chi connectivity index (χ4n) is 3.34. The topological polar surface area (TPSA) is 132 Å². The number of nitrogens with one attached hydrogen (secondary N) is 3. The zero-order valence-electron chi connectivity index (χ0n) is 18.1. The van der Waals surface area contributed by atoms with Crippen molar-refractivity contribution in [3.05, 3.63) is 57.9 Å². The molecule has 1 aliphatic carbocycles. The van der Waals surface area contributed by atoms with Crippen LogP contribution < -0.4 is 21.5 Å². The fourth-order valence-corrected chi connectivity index (χ4v) is 3.53. The highest BCUT2D eigenvalue weighted by atomic mass is 35.5. The van der Waals surface area contributed by atoms with Crippen LogP contribution in [0.4, 0.5) is 5.82 Å². The Morgan fingerprint density at radius 1 is 1.24 bits per heavy atom. The van der Waals surface area contributed by atoms with E-state index in [0.29, 0.717) is 17.3 Å². The summed E-state index contributed by atoms with van der Waals surface area (Å²) in [7, 11) is 0. The Balaban J connectivity index is 1.29. The van der Waals surface area contributed by atoms with Crippen molar-refractivity contribution < 1.29 is 4.79 Å². The summed E-state index contributed by atoms with van der Waals surface area (Å²) in [5.74, 6) is 0.765. The Bertz CT molecular complexity index is 1130. The third kappa shape index (κ3) is 6.59. The van der Waals surface area contributed by atoms with E-state index in [1.165, 1.54) is 40.8 Å². The molecule has 3 aromatic rings. The molecule has 2 heterocycles. The van der Waals surface area contributed by atoms with Crippen LogP contribution >= 0.6 is 11.6 Å². The first kappa shape index (κ1) is 22.9. The highest BCUT2D eigenvalue weighted by Crippen LogP contribution is 2.27. The van der Waals surface area contributed by atoms with Crippen LogP contribution in [-0.4, -0.2) is 55.3 Å². The quantitative estimate of drug-likeness (QED) is 0.333. The predicted molar refractivity (Wildman–Crippen MR) is 123 cm³/mol. The van der Waals surface area contributed by atoms with E-state index in [1.807, 2.05) is 0 Å². The van der Waals surface area contributed by atoms with Gasteiger partial charge in [0.1, 0.15) is 12.9 Å². The van der Waals surface area contributed by atoms with Gasteiger partial charge < -0.3 is 20.5 Å². The molecule has 0 spiro atoms. The van der Waals surface area contributed by atoms with E-state index in [0.717, 1.165) is 31.0 Å². The van der Waals surface area contributed by atoms with Crippen molar-refractivity contribution in [1.82, 2.24) is 40.4 Å². The van der Waals surface area contributed by atoms with E-state index in [9.17, 15) is 9.59 Å². The maximum absolute atomic E-state index is 12.6. The molecule has 0 atom stereocenters. The molecular formula is C21H26ClN9O2. The van der Waals surface area contributed by atoms with Crippen molar-refractivity contribution in [1.29, 1.82) is 0 Å². The number of rotatable bonds is 12. The molecule has 11 nitrogen and oxygen atoms in total. The number of benzene rings is 1. The maximum atomic E-state index is 12.6. The van der Waals surface area contributed by atoms with Gasteiger partial charge >= 0.3 is 0 Å². The van der Waals surface area contributed by atoms with Gasteiger partial charge in [-0.25, -0.2) is 9.67 Å². The number of hydrogen-bond acceptors (Lipinski definition) is 8. The van der Waals surface area contributed by atoms with Gasteiger partial charge in [0, 0.05) is 30.5 Å². The summed E-state index contributed by atoms with van der Waals surface area (Å²) >= 11 is 6.11. The number of tetrazole rings is 1. The molecule has 0 aliphatic heterocycles. The van der Waals surface area contributed by atoms with E-state index in [1.54, 1.807) is 18.2 Å². The lowest BCUT2D eigenvalue weighted by atomic mass is 10.1. The zero-order valence-corrected chi connectivity index (χ0v) is 18.8. The SMILES string of the molecule is O=C(Cn1ccnc(NCCCNCC2CC2)c1=O)NCc1cc(Cl)ccc1-n1cnnn1. The molecule has 3 N–H and O–H groups in total. The van der Waals surface area contributed by atoms with Gasteiger partial charge in [0.2, 0.25) is 5.91 Å². The molecule has 2 aromatic heterocycles. The third-order valence-electron chi connectivity index (χ3n) is 5.29. The summed E-state index contributed by atoms with van der Waals surface area (Å²) in [6.07, 6.45) is 8.00. The van der Waals surface area contributed by atoms with Crippen molar-refractivity contribution >= 4 is 23.3 Å². The second-order valence-electron chi connectivity index (χ2n) is 7.94. The molecule has 1 amide bonds. The van der Waals surface area contributed by atoms with Crippen molar-refractivity contribution in [2.75, 3.05) is 25.0 Å². The second kappa shape index (κ2) is 11.0. The van der Waals surface area contributed by atoms with Gasteiger partial charge in [-0.05, 0) is 72.5 Å². The summed E-state index contributed by atoms with van der Waals surface area (Å²) in [5.41, 5.74) is 1.10. The maximum Gasteiger partial charge on any atom is 0.293 e. The molecule has 12 heteroatoms. The molecule has 0 unspecified atom stereocenters. The summed E-state index contributed by atoms with van der Waals surface area (Å²) in [6.45, 7) is 2.67. The highest BCUT2D eigenvalue weighted by Gasteiger charge is 2.19. The Morgan fingerprint density at radius 3 is 2.91 bits per heavy atom. The number of carbonyl (C=O) groups excluding carboxylic acids is 1. The van der Waals surface area contributed by atoms with Crippen molar-refractivity contribution in [3.8, 4) is 5.69 Å². The monoisotopic (exact) mass is 471 g/mol. The number of carbonyl (C=O) groups is 1. The van der Waals surface area contributed by atoms with Gasteiger partial charge in [0.05, 0.1) is 5.69 Å². The van der Waals surface area contributed by atoms with Gasteiger partial charge in [0.25, 0.3) is 5.56 Å². The normalized spacial score (nSPS) is 13.1. The van der Waals surface area contributed by atoms with Crippen LogP contribution in [0.3, 0.4) is 0 Å². The number of nitrogens with zero attached hydrogens (tertiary/aromatic N) is 6. The Labute approximate surface area is 195 Å². The third-order valence-corrected chi connectivity index (χ3v) is 5.53. The van der Waals surface area contributed by atoms with Gasteiger partial charge in [-0.15, -0.1) is 5.10 Å². The summed E-state index contributed by atoms with van der Waals surface area (Å²) < 4.78 is 2.82. The van der Waals surface area contributed by atoms with Crippen LogP contribution in [0.1, 0.15) is 24.8 Å². The van der Waals surface area contributed by atoms with E-state index >= 15 is 0 Å². The summed E-state index contributed by atoms with van der Waals surface area (Å²) in [5, 5.41) is 21.0. The largest absolute Gasteiger partial charge is 0.365 e. The minimum atomic E-state index is -0.337. The molecule has 174 valence electrons.